The van der Waals surface area contributed by atoms with Gasteiger partial charge in [0.15, 0.2) is 11.2 Å². The van der Waals surface area contributed by atoms with Gasteiger partial charge in [-0.1, -0.05) is 29.8 Å². The molecule has 32 heavy (non-hydrogen) atoms. The van der Waals surface area contributed by atoms with E-state index >= 15 is 0 Å². The van der Waals surface area contributed by atoms with Crippen LogP contribution < -0.4 is 26.9 Å². The molecule has 3 aromatic rings. The Bertz CT molecular complexity index is 1280. The predicted molar refractivity (Wildman–Crippen MR) is 124 cm³/mol. The van der Waals surface area contributed by atoms with Gasteiger partial charge in [-0.2, -0.15) is 4.98 Å². The third-order valence-electron chi connectivity index (χ3n) is 5.80. The average Bonchev–Trinajstić information content (AvgIpc) is 3.19. The van der Waals surface area contributed by atoms with Gasteiger partial charge >= 0.3 is 5.69 Å². The lowest BCUT2D eigenvalue weighted by molar-refractivity contribution is -0.497. The molecule has 1 aliphatic rings. The molecule has 1 saturated heterocycles. The van der Waals surface area contributed by atoms with Gasteiger partial charge in [0.2, 0.25) is 5.95 Å². The summed E-state index contributed by atoms with van der Waals surface area (Å²) in [7, 11) is 1.63. The minimum absolute atomic E-state index is 0.0210. The van der Waals surface area contributed by atoms with Crippen LogP contribution in [0.25, 0.3) is 11.2 Å². The maximum Gasteiger partial charge on any atom is 0.332 e. The van der Waals surface area contributed by atoms with Crippen LogP contribution in [0, 0.1) is 5.21 Å². The summed E-state index contributed by atoms with van der Waals surface area (Å²) in [6, 6.07) is 6.98. The summed E-state index contributed by atoms with van der Waals surface area (Å²) in [6.07, 6.45) is 2.05. The van der Waals surface area contributed by atoms with Crippen molar-refractivity contribution in [2.45, 2.75) is 26.9 Å². The van der Waals surface area contributed by atoms with Gasteiger partial charge in [0.05, 0.1) is 6.54 Å². The maximum absolute atomic E-state index is 13.6. The molecule has 170 valence electrons. The van der Waals surface area contributed by atoms with E-state index in [1.54, 1.807) is 31.3 Å². The SMILES string of the molecule is CC(C)=CCn1c(N2CCNCC2)nc2c1c(=O)n(Cc1ccccc1[NH2+][O-])c(=O)n2C. The van der Waals surface area contributed by atoms with Gasteiger partial charge in [0.1, 0.15) is 5.69 Å². The summed E-state index contributed by atoms with van der Waals surface area (Å²) in [5.74, 6) is 0.692. The number of fused-ring (bicyclic) bond motifs is 1. The lowest BCUT2D eigenvalue weighted by atomic mass is 10.2. The van der Waals surface area contributed by atoms with Gasteiger partial charge in [-0.15, -0.1) is 0 Å². The number of imidazole rings is 1. The molecule has 3 heterocycles. The third-order valence-corrected chi connectivity index (χ3v) is 5.80. The monoisotopic (exact) mass is 439 g/mol. The fourth-order valence-electron chi connectivity index (χ4n) is 4.02. The lowest BCUT2D eigenvalue weighted by Crippen LogP contribution is -2.70. The van der Waals surface area contributed by atoms with Crippen LogP contribution in [0.1, 0.15) is 19.4 Å². The van der Waals surface area contributed by atoms with Crippen LogP contribution in [-0.4, -0.2) is 44.9 Å². The number of nitrogens with two attached hydrogens (primary N) is 1. The lowest BCUT2D eigenvalue weighted by Gasteiger charge is -2.28. The van der Waals surface area contributed by atoms with Crippen LogP contribution in [0.4, 0.5) is 11.6 Å². The van der Waals surface area contributed by atoms with Gasteiger partial charge in [0.25, 0.3) is 5.56 Å². The Balaban J connectivity index is 1.94. The van der Waals surface area contributed by atoms with E-state index in [9.17, 15) is 14.8 Å². The number of nitrogens with one attached hydrogen (secondary N) is 1. The van der Waals surface area contributed by atoms with Crippen molar-refractivity contribution >= 4 is 22.8 Å². The standard InChI is InChI=1S/C22H29N7O3/c1-15(2)8-11-28-18-19(24-21(28)27-12-9-23-10-13-27)26(3)22(31)29(20(18)30)14-16-6-4-5-7-17(16)25-32/h4-8,23H,9-14,25H2,1-3H3. The average molecular weight is 440 g/mol. The number of benzene rings is 1. The molecule has 0 aliphatic carbocycles. The molecule has 10 nitrogen and oxygen atoms in total. The van der Waals surface area contributed by atoms with Gasteiger partial charge in [-0.25, -0.2) is 4.79 Å². The first-order chi connectivity index (χ1) is 15.4. The van der Waals surface area contributed by atoms with E-state index in [0.29, 0.717) is 34.9 Å². The highest BCUT2D eigenvalue weighted by atomic mass is 16.5. The summed E-state index contributed by atoms with van der Waals surface area (Å²) in [4.78, 5) is 33.6. The molecule has 0 bridgehead atoms. The zero-order valence-corrected chi connectivity index (χ0v) is 18.7. The summed E-state index contributed by atoms with van der Waals surface area (Å²) in [5, 5.41) is 14.8. The fourth-order valence-corrected chi connectivity index (χ4v) is 4.02. The minimum atomic E-state index is -0.457. The highest BCUT2D eigenvalue weighted by Gasteiger charge is 2.24. The molecule has 0 radical (unpaired) electrons. The van der Waals surface area contributed by atoms with Crippen molar-refractivity contribution in [3.63, 3.8) is 0 Å². The molecular formula is C22H29N7O3. The van der Waals surface area contributed by atoms with Crippen molar-refractivity contribution in [2.75, 3.05) is 31.1 Å². The van der Waals surface area contributed by atoms with E-state index in [0.717, 1.165) is 37.2 Å². The van der Waals surface area contributed by atoms with Crippen molar-refractivity contribution in [3.05, 3.63) is 67.5 Å². The molecule has 2 aromatic heterocycles. The minimum Gasteiger partial charge on any atom is -0.630 e. The van der Waals surface area contributed by atoms with Gasteiger partial charge in [0, 0.05) is 45.3 Å². The van der Waals surface area contributed by atoms with Crippen molar-refractivity contribution in [3.8, 4) is 0 Å². The maximum atomic E-state index is 13.6. The molecule has 0 unspecified atom stereocenters. The number of hydrogen-bond acceptors (Lipinski definition) is 6. The predicted octanol–water partition coefficient (Wildman–Crippen LogP) is 0.0135. The second-order valence-electron chi connectivity index (χ2n) is 8.26. The summed E-state index contributed by atoms with van der Waals surface area (Å²) in [6.45, 7) is 7.72. The number of anilines is 1. The molecule has 1 aliphatic heterocycles. The number of aryl methyl sites for hydroxylation is 1. The number of allylic oxidation sites excluding steroid dienone is 2. The third kappa shape index (κ3) is 3.99. The number of quaternary nitrogens is 1. The van der Waals surface area contributed by atoms with Crippen LogP contribution >= 0.6 is 0 Å². The molecule has 1 aromatic carbocycles. The summed E-state index contributed by atoms with van der Waals surface area (Å²) < 4.78 is 4.51. The highest BCUT2D eigenvalue weighted by molar-refractivity contribution is 5.74. The summed E-state index contributed by atoms with van der Waals surface area (Å²) >= 11 is 0. The molecule has 1 fully saturated rings. The van der Waals surface area contributed by atoms with Crippen LogP contribution in [0.3, 0.4) is 0 Å². The molecule has 3 N–H and O–H groups in total. The largest absolute Gasteiger partial charge is 0.630 e. The van der Waals surface area contributed by atoms with Crippen molar-refractivity contribution < 1.29 is 5.48 Å². The zero-order valence-electron chi connectivity index (χ0n) is 18.7. The molecular weight excluding hydrogens is 410 g/mol. The number of rotatable bonds is 6. The quantitative estimate of drug-likeness (QED) is 0.318. The second-order valence-corrected chi connectivity index (χ2v) is 8.26. The fraction of sp³-hybridized carbons (Fsp3) is 0.409. The highest BCUT2D eigenvalue weighted by Crippen LogP contribution is 2.21. The Morgan fingerprint density at radius 2 is 1.91 bits per heavy atom. The van der Waals surface area contributed by atoms with Crippen molar-refractivity contribution in [1.29, 1.82) is 0 Å². The molecule has 4 rings (SSSR count). The Hall–Kier alpha value is -3.21. The Morgan fingerprint density at radius 3 is 2.59 bits per heavy atom. The van der Waals surface area contributed by atoms with Crippen LogP contribution in [0.15, 0.2) is 45.5 Å². The van der Waals surface area contributed by atoms with Crippen LogP contribution in [0.2, 0.25) is 0 Å². The summed E-state index contributed by atoms with van der Waals surface area (Å²) in [5.41, 5.74) is 2.85. The molecule has 0 saturated carbocycles. The van der Waals surface area contributed by atoms with Crippen molar-refractivity contribution in [1.82, 2.24) is 24.0 Å². The van der Waals surface area contributed by atoms with E-state index in [4.69, 9.17) is 4.98 Å². The van der Waals surface area contributed by atoms with E-state index in [1.807, 2.05) is 24.5 Å². The van der Waals surface area contributed by atoms with Crippen LogP contribution in [0.5, 0.6) is 0 Å². The first-order valence-electron chi connectivity index (χ1n) is 10.7. The van der Waals surface area contributed by atoms with E-state index in [1.165, 1.54) is 9.13 Å². The number of piperazine rings is 1. The topological polar surface area (TPSA) is 117 Å². The van der Waals surface area contributed by atoms with Crippen LogP contribution in [-0.2, 0) is 20.1 Å². The Kier molecular flexibility index (Phi) is 6.26. The zero-order chi connectivity index (χ0) is 22.8. The van der Waals surface area contributed by atoms with E-state index < -0.39 is 11.2 Å². The molecule has 10 heteroatoms. The number of hydrogen-bond donors (Lipinski definition) is 2. The second kappa shape index (κ2) is 9.11. The molecule has 0 atom stereocenters. The number of aromatic nitrogens is 4. The first kappa shape index (κ1) is 22.0. The molecule has 0 amide bonds. The van der Waals surface area contributed by atoms with Gasteiger partial charge in [-0.3, -0.25) is 13.9 Å². The van der Waals surface area contributed by atoms with Crippen molar-refractivity contribution in [2.24, 2.45) is 7.05 Å². The van der Waals surface area contributed by atoms with Gasteiger partial charge < -0.3 is 25.5 Å². The smallest absolute Gasteiger partial charge is 0.332 e. The normalized spacial score (nSPS) is 14.2. The van der Waals surface area contributed by atoms with E-state index in [2.05, 4.69) is 10.2 Å². The van der Waals surface area contributed by atoms with E-state index in [-0.39, 0.29) is 6.54 Å². The first-order valence-corrected chi connectivity index (χ1v) is 10.7. The Labute approximate surface area is 185 Å². The number of nitrogens with zero attached hydrogens (tertiary/aromatic N) is 5. The van der Waals surface area contributed by atoms with Gasteiger partial charge in [-0.05, 0) is 19.9 Å². The molecule has 0 spiro atoms. The Morgan fingerprint density at radius 1 is 1.19 bits per heavy atom.